The van der Waals surface area contributed by atoms with Crippen LogP contribution in [0.1, 0.15) is 12.5 Å². The number of carbonyl (C=O) groups excluding carboxylic acids is 2. The van der Waals surface area contributed by atoms with Gasteiger partial charge in [-0.15, -0.1) is 11.3 Å². The third kappa shape index (κ3) is 2.02. The molecule has 0 saturated carbocycles. The predicted octanol–water partition coefficient (Wildman–Crippen LogP) is 3.57. The van der Waals surface area contributed by atoms with Crippen molar-refractivity contribution in [3.05, 3.63) is 52.3 Å². The summed E-state index contributed by atoms with van der Waals surface area (Å²) in [7, 11) is -2.70. The van der Waals surface area contributed by atoms with Gasteiger partial charge in [-0.25, -0.2) is 14.6 Å². The number of hydrogen-bond donors (Lipinski definition) is 0. The molecule has 4 heterocycles. The van der Waals surface area contributed by atoms with E-state index in [0.29, 0.717) is 18.3 Å². The van der Waals surface area contributed by atoms with Crippen molar-refractivity contribution in [1.82, 2.24) is 4.90 Å². The van der Waals surface area contributed by atoms with E-state index in [1.54, 1.807) is 11.3 Å². The normalized spacial score (nSPS) is 22.3. The molecule has 3 aliphatic heterocycles. The van der Waals surface area contributed by atoms with Gasteiger partial charge in [-0.3, -0.25) is 0 Å². The minimum atomic E-state index is -2.70. The van der Waals surface area contributed by atoms with E-state index >= 15 is 0 Å². The van der Waals surface area contributed by atoms with Crippen molar-refractivity contribution < 1.29 is 18.0 Å². The summed E-state index contributed by atoms with van der Waals surface area (Å²) in [4.78, 5) is 31.5. The smallest absolute Gasteiger partial charge is 0.328 e. The second-order valence-corrected chi connectivity index (χ2v) is 9.24. The standard InChI is InChI=1S/C18H14N2O4S2/c1-11-17(13-10-25-14-5-3-2-4-12(13)14)20-9-8-19-18(20)26(11)23-15(21)6-7-16(22)24-26/h2-7,10H,8-9H2,1H3. The molecule has 0 N–H and O–H groups in total. The van der Waals surface area contributed by atoms with Crippen molar-refractivity contribution in [2.24, 2.45) is 4.99 Å². The van der Waals surface area contributed by atoms with Crippen LogP contribution < -0.4 is 0 Å². The van der Waals surface area contributed by atoms with Crippen LogP contribution in [0.25, 0.3) is 15.8 Å². The molecule has 2 aromatic rings. The topological polar surface area (TPSA) is 68.2 Å². The quantitative estimate of drug-likeness (QED) is 0.750. The van der Waals surface area contributed by atoms with Crippen LogP contribution in [0.3, 0.4) is 0 Å². The van der Waals surface area contributed by atoms with Gasteiger partial charge in [0.1, 0.15) is 0 Å². The van der Waals surface area contributed by atoms with Crippen LogP contribution in [0, 0.1) is 0 Å². The summed E-state index contributed by atoms with van der Waals surface area (Å²) < 4.78 is 12.5. The highest BCUT2D eigenvalue weighted by Crippen LogP contribution is 2.68. The van der Waals surface area contributed by atoms with Gasteiger partial charge in [0.25, 0.3) is 0 Å². The van der Waals surface area contributed by atoms with E-state index in [1.165, 1.54) is 4.70 Å². The van der Waals surface area contributed by atoms with Gasteiger partial charge in [0.2, 0.25) is 5.17 Å². The van der Waals surface area contributed by atoms with E-state index in [0.717, 1.165) is 33.7 Å². The zero-order chi connectivity index (χ0) is 17.9. The summed E-state index contributed by atoms with van der Waals surface area (Å²) in [5.41, 5.74) is 1.97. The first kappa shape index (κ1) is 15.7. The van der Waals surface area contributed by atoms with Crippen LogP contribution in [-0.2, 0) is 18.0 Å². The fourth-order valence-corrected chi connectivity index (χ4v) is 6.89. The minimum Gasteiger partial charge on any atom is -0.328 e. The van der Waals surface area contributed by atoms with E-state index in [2.05, 4.69) is 22.5 Å². The number of amidine groups is 1. The van der Waals surface area contributed by atoms with Gasteiger partial charge in [-0.05, 0) is 23.6 Å². The van der Waals surface area contributed by atoms with Gasteiger partial charge >= 0.3 is 11.9 Å². The second-order valence-electron chi connectivity index (χ2n) is 6.01. The molecule has 0 saturated heterocycles. The Labute approximate surface area is 155 Å². The van der Waals surface area contributed by atoms with E-state index < -0.39 is 22.5 Å². The monoisotopic (exact) mass is 386 g/mol. The maximum absolute atomic E-state index is 12.1. The lowest BCUT2D eigenvalue weighted by molar-refractivity contribution is -0.129. The van der Waals surface area contributed by atoms with Gasteiger partial charge in [-0.1, -0.05) is 18.2 Å². The van der Waals surface area contributed by atoms with Gasteiger partial charge in [0.15, 0.2) is 0 Å². The molecule has 6 nitrogen and oxygen atoms in total. The predicted molar refractivity (Wildman–Crippen MR) is 102 cm³/mol. The van der Waals surface area contributed by atoms with Crippen molar-refractivity contribution in [3.63, 3.8) is 0 Å². The third-order valence-electron chi connectivity index (χ3n) is 4.54. The Bertz CT molecular complexity index is 1050. The SMILES string of the molecule is CC1=C(c2csc3ccccc23)N2CCN=C2S12OC(=O)C=CC(=O)O2. The molecule has 132 valence electrons. The van der Waals surface area contributed by atoms with Crippen LogP contribution in [-0.4, -0.2) is 35.1 Å². The first-order valence-electron chi connectivity index (χ1n) is 8.08. The third-order valence-corrected chi connectivity index (χ3v) is 8.13. The van der Waals surface area contributed by atoms with E-state index in [4.69, 9.17) is 8.37 Å². The Balaban J connectivity index is 1.75. The van der Waals surface area contributed by atoms with E-state index in [9.17, 15) is 9.59 Å². The number of nitrogens with zero attached hydrogens (tertiary/aromatic N) is 2. The maximum Gasteiger partial charge on any atom is 0.354 e. The van der Waals surface area contributed by atoms with Crippen molar-refractivity contribution >= 4 is 54.8 Å². The minimum absolute atomic E-state index is 0.547. The number of carbonyl (C=O) groups is 2. The molecule has 0 atom stereocenters. The Morgan fingerprint density at radius 2 is 1.88 bits per heavy atom. The molecule has 0 unspecified atom stereocenters. The van der Waals surface area contributed by atoms with Gasteiger partial charge in [0.05, 0.1) is 17.1 Å². The number of benzene rings is 1. The van der Waals surface area contributed by atoms with E-state index in [1.807, 2.05) is 24.0 Å². The molecule has 8 heteroatoms. The number of fused-ring (bicyclic) bond motifs is 3. The van der Waals surface area contributed by atoms with Crippen LogP contribution >= 0.6 is 21.9 Å². The first-order chi connectivity index (χ1) is 12.6. The molecule has 0 aliphatic carbocycles. The maximum atomic E-state index is 12.1. The molecular formula is C18H14N2O4S2. The first-order valence-corrected chi connectivity index (χ1v) is 10.4. The number of aliphatic imine (C=N–C) groups is 1. The summed E-state index contributed by atoms with van der Waals surface area (Å²) >= 11 is 1.66. The lowest BCUT2D eigenvalue weighted by atomic mass is 10.1. The van der Waals surface area contributed by atoms with E-state index in [-0.39, 0.29) is 0 Å². The zero-order valence-electron chi connectivity index (χ0n) is 13.8. The highest BCUT2D eigenvalue weighted by Gasteiger charge is 2.51. The summed E-state index contributed by atoms with van der Waals surface area (Å²) in [6.07, 6.45) is 2.21. The molecule has 26 heavy (non-hydrogen) atoms. The van der Waals surface area contributed by atoms with Gasteiger partial charge < -0.3 is 13.3 Å². The van der Waals surface area contributed by atoms with Crippen LogP contribution in [0.15, 0.2) is 51.7 Å². The summed E-state index contributed by atoms with van der Waals surface area (Å²) in [6.45, 7) is 3.11. The average molecular weight is 386 g/mol. The highest BCUT2D eigenvalue weighted by atomic mass is 32.3. The van der Waals surface area contributed by atoms with Crippen LogP contribution in [0.2, 0.25) is 0 Å². The molecule has 0 radical (unpaired) electrons. The number of hydrogen-bond acceptors (Lipinski definition) is 7. The highest BCUT2D eigenvalue weighted by molar-refractivity contribution is 8.42. The van der Waals surface area contributed by atoms with Crippen molar-refractivity contribution in [1.29, 1.82) is 0 Å². The van der Waals surface area contributed by atoms with Gasteiger partial charge in [0, 0.05) is 39.7 Å². The Hall–Kier alpha value is -2.58. The number of allylic oxidation sites excluding steroid dienone is 1. The van der Waals surface area contributed by atoms with Crippen molar-refractivity contribution in [2.45, 2.75) is 6.92 Å². The fraction of sp³-hybridized carbons (Fsp3) is 0.167. The molecular weight excluding hydrogens is 372 g/mol. The number of thiophene rings is 1. The Kier molecular flexibility index (Phi) is 3.29. The lowest BCUT2D eigenvalue weighted by Crippen LogP contribution is -2.26. The molecule has 0 amide bonds. The number of rotatable bonds is 1. The molecule has 0 fully saturated rings. The molecule has 3 aliphatic rings. The summed E-state index contributed by atoms with van der Waals surface area (Å²) in [5.74, 6) is -1.17. The molecule has 1 aromatic carbocycles. The molecule has 5 rings (SSSR count). The Morgan fingerprint density at radius 1 is 1.15 bits per heavy atom. The molecule has 1 spiro atoms. The zero-order valence-corrected chi connectivity index (χ0v) is 15.4. The summed E-state index contributed by atoms with van der Waals surface area (Å²) in [6, 6.07) is 8.15. The van der Waals surface area contributed by atoms with Crippen LogP contribution in [0.4, 0.5) is 0 Å². The second kappa shape index (κ2) is 5.46. The van der Waals surface area contributed by atoms with Gasteiger partial charge in [-0.2, -0.15) is 0 Å². The molecule has 0 bridgehead atoms. The fourth-order valence-electron chi connectivity index (χ4n) is 3.45. The van der Waals surface area contributed by atoms with Crippen molar-refractivity contribution in [3.8, 4) is 0 Å². The molecule has 1 aromatic heterocycles. The lowest BCUT2D eigenvalue weighted by Gasteiger charge is -2.36. The summed E-state index contributed by atoms with van der Waals surface area (Å²) in [5, 5.41) is 3.76. The van der Waals surface area contributed by atoms with Crippen LogP contribution in [0.5, 0.6) is 0 Å². The average Bonchev–Trinajstić information content (AvgIpc) is 3.28. The Morgan fingerprint density at radius 3 is 2.65 bits per heavy atom. The largest absolute Gasteiger partial charge is 0.354 e. The van der Waals surface area contributed by atoms with Crippen molar-refractivity contribution in [2.75, 3.05) is 13.1 Å².